The second kappa shape index (κ2) is 11.1. The van der Waals surface area contributed by atoms with Crippen molar-refractivity contribution in [3.05, 3.63) is 102 Å². The van der Waals surface area contributed by atoms with Gasteiger partial charge in [0, 0.05) is 46.8 Å². The number of nitrogens with zero attached hydrogens (tertiary/aromatic N) is 3. The quantitative estimate of drug-likeness (QED) is 0.273. The van der Waals surface area contributed by atoms with Crippen LogP contribution in [0.15, 0.2) is 84.8 Å². The van der Waals surface area contributed by atoms with Gasteiger partial charge in [0.1, 0.15) is 5.75 Å². The summed E-state index contributed by atoms with van der Waals surface area (Å²) in [4.78, 5) is 31.8. The number of carbonyl (C=O) groups is 2. The Morgan fingerprint density at radius 2 is 1.90 bits per heavy atom. The van der Waals surface area contributed by atoms with Crippen LogP contribution in [0.1, 0.15) is 53.7 Å². The molecule has 0 atom stereocenters. The van der Waals surface area contributed by atoms with Crippen molar-refractivity contribution >= 4 is 28.2 Å². The zero-order valence-corrected chi connectivity index (χ0v) is 23.6. The Hall–Kier alpha value is -4.43. The molecule has 214 valence electrons. The average Bonchev–Trinajstić information content (AvgIpc) is 3.37. The topological polar surface area (TPSA) is 92.2 Å². The van der Waals surface area contributed by atoms with Gasteiger partial charge >= 0.3 is 0 Å². The van der Waals surface area contributed by atoms with Crippen molar-refractivity contribution in [3.63, 3.8) is 0 Å². The number of rotatable bonds is 10. The van der Waals surface area contributed by atoms with Crippen LogP contribution in [0.2, 0.25) is 0 Å². The first-order chi connectivity index (χ1) is 20.5. The number of likely N-dealkylation sites (tertiary alicyclic amines) is 1. The zero-order valence-electron chi connectivity index (χ0n) is 23.6. The SMILES string of the molecule is O=C1CC=C(NC(=O)c2cnn(Cc3ccccc3)c2)C=C1c1cc2cc(OCC3(CN4CCCC4)CC3)ccc2[nH]1. The number of fused-ring (bicyclic) bond motifs is 1. The lowest BCUT2D eigenvalue weighted by Gasteiger charge is -2.23. The minimum Gasteiger partial charge on any atom is -0.493 e. The number of H-pyrrole nitrogens is 1. The number of aromatic amines is 1. The molecule has 8 nitrogen and oxygen atoms in total. The lowest BCUT2D eigenvalue weighted by Crippen LogP contribution is -2.31. The van der Waals surface area contributed by atoms with E-state index in [1.54, 1.807) is 29.2 Å². The third kappa shape index (κ3) is 5.81. The number of amides is 1. The number of hydrogen-bond donors (Lipinski definition) is 2. The number of carbonyl (C=O) groups excluding carboxylic acids is 2. The predicted molar refractivity (Wildman–Crippen MR) is 162 cm³/mol. The summed E-state index contributed by atoms with van der Waals surface area (Å²) in [6.45, 7) is 4.90. The van der Waals surface area contributed by atoms with Gasteiger partial charge in [-0.25, -0.2) is 0 Å². The van der Waals surface area contributed by atoms with Crippen LogP contribution in [0.3, 0.4) is 0 Å². The minimum absolute atomic E-state index is 0.00398. The summed E-state index contributed by atoms with van der Waals surface area (Å²) < 4.78 is 8.02. The van der Waals surface area contributed by atoms with Crippen LogP contribution in [0.25, 0.3) is 16.5 Å². The van der Waals surface area contributed by atoms with Gasteiger partial charge in [-0.1, -0.05) is 36.4 Å². The van der Waals surface area contributed by atoms with E-state index in [1.807, 2.05) is 54.6 Å². The molecule has 1 aliphatic heterocycles. The minimum atomic E-state index is -0.262. The number of aromatic nitrogens is 3. The van der Waals surface area contributed by atoms with Gasteiger partial charge in [0.05, 0.1) is 30.6 Å². The molecule has 2 aliphatic carbocycles. The molecule has 42 heavy (non-hydrogen) atoms. The van der Waals surface area contributed by atoms with Gasteiger partial charge in [-0.2, -0.15) is 5.10 Å². The van der Waals surface area contributed by atoms with E-state index >= 15 is 0 Å². The molecular weight excluding hydrogens is 526 g/mol. The van der Waals surface area contributed by atoms with Crippen molar-refractivity contribution < 1.29 is 14.3 Å². The van der Waals surface area contributed by atoms with E-state index in [0.29, 0.717) is 28.8 Å². The van der Waals surface area contributed by atoms with Gasteiger partial charge in [0.15, 0.2) is 5.78 Å². The van der Waals surface area contributed by atoms with Crippen molar-refractivity contribution in [2.75, 3.05) is 26.2 Å². The number of hydrogen-bond acceptors (Lipinski definition) is 5. The van der Waals surface area contributed by atoms with Crippen LogP contribution in [0.5, 0.6) is 5.75 Å². The van der Waals surface area contributed by atoms with Crippen LogP contribution >= 0.6 is 0 Å². The van der Waals surface area contributed by atoms with Gasteiger partial charge in [-0.05, 0) is 74.7 Å². The first-order valence-corrected chi connectivity index (χ1v) is 14.8. The van der Waals surface area contributed by atoms with Crippen molar-refractivity contribution in [3.8, 4) is 5.75 Å². The van der Waals surface area contributed by atoms with Crippen LogP contribution in [0, 0.1) is 5.41 Å². The molecule has 2 aromatic heterocycles. The molecule has 7 rings (SSSR count). The Bertz CT molecular complexity index is 1690. The summed E-state index contributed by atoms with van der Waals surface area (Å²) in [5.74, 6) is 0.594. The van der Waals surface area contributed by atoms with Crippen LogP contribution in [0.4, 0.5) is 0 Å². The molecule has 3 aliphatic rings. The van der Waals surface area contributed by atoms with E-state index in [9.17, 15) is 9.59 Å². The summed E-state index contributed by atoms with van der Waals surface area (Å²) in [5.41, 5.74) is 4.69. The second-order valence-corrected chi connectivity index (χ2v) is 11.9. The Labute approximate surface area is 245 Å². The molecule has 4 aromatic rings. The highest BCUT2D eigenvalue weighted by Crippen LogP contribution is 2.47. The van der Waals surface area contributed by atoms with Crippen LogP contribution in [-0.2, 0) is 11.3 Å². The number of benzene rings is 2. The fraction of sp³-hybridized carbons (Fsp3) is 0.324. The number of ketones is 1. The maximum absolute atomic E-state index is 13.0. The molecule has 8 heteroatoms. The van der Waals surface area contributed by atoms with Crippen LogP contribution < -0.4 is 10.1 Å². The predicted octanol–water partition coefficient (Wildman–Crippen LogP) is 5.34. The van der Waals surface area contributed by atoms with Gasteiger partial charge in [-0.3, -0.25) is 14.3 Å². The van der Waals surface area contributed by atoms with E-state index in [1.165, 1.54) is 38.8 Å². The lowest BCUT2D eigenvalue weighted by molar-refractivity contribution is -0.113. The second-order valence-electron chi connectivity index (χ2n) is 11.9. The molecule has 1 saturated carbocycles. The zero-order chi connectivity index (χ0) is 28.5. The molecule has 0 bridgehead atoms. The summed E-state index contributed by atoms with van der Waals surface area (Å²) >= 11 is 0. The van der Waals surface area contributed by atoms with E-state index < -0.39 is 0 Å². The fourth-order valence-corrected chi connectivity index (χ4v) is 5.99. The molecular formula is C34H35N5O3. The highest BCUT2D eigenvalue weighted by molar-refractivity contribution is 6.23. The molecule has 0 unspecified atom stereocenters. The van der Waals surface area contributed by atoms with E-state index in [0.717, 1.165) is 41.1 Å². The third-order valence-corrected chi connectivity index (χ3v) is 8.59. The van der Waals surface area contributed by atoms with Gasteiger partial charge in [0.25, 0.3) is 5.91 Å². The van der Waals surface area contributed by atoms with Crippen molar-refractivity contribution in [2.45, 2.75) is 38.6 Å². The summed E-state index contributed by atoms with van der Waals surface area (Å²) in [6, 6.07) is 18.0. The Balaban J connectivity index is 1.01. The summed E-state index contributed by atoms with van der Waals surface area (Å²) in [6.07, 6.45) is 12.1. The highest BCUT2D eigenvalue weighted by Gasteiger charge is 2.45. The molecule has 3 heterocycles. The average molecular weight is 562 g/mol. The summed E-state index contributed by atoms with van der Waals surface area (Å²) in [5, 5.41) is 8.27. The molecule has 0 radical (unpaired) electrons. The lowest BCUT2D eigenvalue weighted by atomic mass is 9.98. The first-order valence-electron chi connectivity index (χ1n) is 14.8. The van der Waals surface area contributed by atoms with E-state index in [4.69, 9.17) is 4.74 Å². The molecule has 1 amide bonds. The summed E-state index contributed by atoms with van der Waals surface area (Å²) in [7, 11) is 0. The van der Waals surface area contributed by atoms with Crippen molar-refractivity contribution in [1.82, 2.24) is 25.0 Å². The Morgan fingerprint density at radius 3 is 2.71 bits per heavy atom. The molecule has 2 N–H and O–H groups in total. The van der Waals surface area contributed by atoms with Gasteiger partial charge < -0.3 is 19.9 Å². The van der Waals surface area contributed by atoms with Crippen molar-refractivity contribution in [1.29, 1.82) is 0 Å². The Kier molecular flexibility index (Phi) is 6.99. The number of ether oxygens (including phenoxy) is 1. The molecule has 1 saturated heterocycles. The number of Topliss-reactive ketones (excluding diaryl/α,β-unsaturated/α-hetero) is 1. The number of nitrogens with one attached hydrogen (secondary N) is 2. The molecule has 0 spiro atoms. The van der Waals surface area contributed by atoms with Gasteiger partial charge in [0.2, 0.25) is 0 Å². The molecule has 2 aromatic carbocycles. The van der Waals surface area contributed by atoms with Crippen molar-refractivity contribution in [2.24, 2.45) is 5.41 Å². The highest BCUT2D eigenvalue weighted by atomic mass is 16.5. The Morgan fingerprint density at radius 1 is 1.07 bits per heavy atom. The largest absolute Gasteiger partial charge is 0.493 e. The van der Waals surface area contributed by atoms with Crippen LogP contribution in [-0.4, -0.2) is 57.6 Å². The standard InChI is InChI=1S/C34H35N5O3/c40-32-11-8-27(36-33(41)26-19-35-39(21-26)20-24-6-2-1-3-7-24)18-29(32)31-17-25-16-28(9-10-30(25)37-31)42-23-34(12-13-34)22-38-14-4-5-15-38/h1-3,6-10,16-19,21,37H,4-5,11-15,20,22-23H2,(H,36,41). The van der Waals surface area contributed by atoms with E-state index in [-0.39, 0.29) is 18.1 Å². The van der Waals surface area contributed by atoms with Gasteiger partial charge in [-0.15, -0.1) is 0 Å². The maximum Gasteiger partial charge on any atom is 0.258 e. The monoisotopic (exact) mass is 561 g/mol. The first kappa shape index (κ1) is 26.5. The third-order valence-electron chi connectivity index (χ3n) is 8.59. The smallest absolute Gasteiger partial charge is 0.258 e. The maximum atomic E-state index is 13.0. The fourth-order valence-electron chi connectivity index (χ4n) is 5.99. The molecule has 2 fully saturated rings. The normalized spacial score (nSPS) is 18.1. The van der Waals surface area contributed by atoms with E-state index in [2.05, 4.69) is 20.3 Å². The number of allylic oxidation sites excluding steroid dienone is 3.